The number of rotatable bonds is 6. The van der Waals surface area contributed by atoms with Crippen molar-refractivity contribution in [1.29, 1.82) is 0 Å². The number of carbonyl (C=O) groups is 1. The smallest absolute Gasteiger partial charge is 0.271 e. The Morgan fingerprint density at radius 3 is 2.46 bits per heavy atom. The zero-order valence-corrected chi connectivity index (χ0v) is 15.0. The largest absolute Gasteiger partial charge is 0.399 e. The minimum absolute atomic E-state index is 0.0468. The molecular weight excluding hydrogens is 356 g/mol. The lowest BCUT2D eigenvalue weighted by Gasteiger charge is -2.32. The van der Waals surface area contributed by atoms with E-state index in [4.69, 9.17) is 40.3 Å². The van der Waals surface area contributed by atoms with Crippen molar-refractivity contribution in [1.82, 2.24) is 4.90 Å². The quantitative estimate of drug-likeness (QED) is 0.197. The highest BCUT2D eigenvalue weighted by molar-refractivity contribution is 6.67. The number of unbranched alkanes of at least 4 members (excludes halogenated alkanes) is 1. The second-order valence-corrected chi connectivity index (χ2v) is 6.17. The molecule has 0 fully saturated rings. The Morgan fingerprint density at radius 1 is 1.19 bits per heavy atom. The molecule has 1 aliphatic rings. The average Bonchev–Trinajstić information content (AvgIpc) is 2.59. The molecule has 10 N–H and O–H groups in total. The zero-order chi connectivity index (χ0) is 19.3. The number of anilines is 1. The van der Waals surface area contributed by atoms with E-state index >= 15 is 0 Å². The van der Waals surface area contributed by atoms with Crippen molar-refractivity contribution in [3.63, 3.8) is 0 Å². The molecule has 1 heterocycles. The van der Waals surface area contributed by atoms with Crippen molar-refractivity contribution in [3.05, 3.63) is 41.3 Å². The Labute approximate surface area is 156 Å². The van der Waals surface area contributed by atoms with Crippen molar-refractivity contribution in [3.8, 4) is 0 Å². The van der Waals surface area contributed by atoms with E-state index in [-0.39, 0.29) is 22.6 Å². The first-order chi connectivity index (χ1) is 12.3. The molecule has 10 heteroatoms. The van der Waals surface area contributed by atoms with Gasteiger partial charge in [0.05, 0.1) is 0 Å². The van der Waals surface area contributed by atoms with Crippen LogP contribution in [-0.2, 0) is 11.2 Å². The minimum atomic E-state index is -0.918. The van der Waals surface area contributed by atoms with Crippen LogP contribution in [0.2, 0.25) is 0 Å². The van der Waals surface area contributed by atoms with Gasteiger partial charge < -0.3 is 28.7 Å². The van der Waals surface area contributed by atoms with Gasteiger partial charge in [0, 0.05) is 12.2 Å². The van der Waals surface area contributed by atoms with Gasteiger partial charge in [0.25, 0.3) is 5.91 Å². The number of hydrogen-bond donors (Lipinski definition) is 5. The lowest BCUT2D eigenvalue weighted by Crippen LogP contribution is -2.56. The molecule has 0 saturated carbocycles. The van der Waals surface area contributed by atoms with Crippen molar-refractivity contribution in [2.75, 3.05) is 12.3 Å². The second kappa shape index (κ2) is 8.54. The maximum Gasteiger partial charge on any atom is 0.271 e. The maximum absolute atomic E-state index is 11.4. The van der Waals surface area contributed by atoms with Gasteiger partial charge in [-0.1, -0.05) is 23.7 Å². The normalized spacial score (nSPS) is 18.1. The zero-order valence-electron chi connectivity index (χ0n) is 14.2. The van der Waals surface area contributed by atoms with Crippen LogP contribution in [0.4, 0.5) is 5.69 Å². The summed E-state index contributed by atoms with van der Waals surface area (Å²) >= 11 is 5.94. The van der Waals surface area contributed by atoms with Crippen molar-refractivity contribution < 1.29 is 4.79 Å². The van der Waals surface area contributed by atoms with Crippen LogP contribution in [0.1, 0.15) is 18.4 Å². The predicted molar refractivity (Wildman–Crippen MR) is 104 cm³/mol. The van der Waals surface area contributed by atoms with E-state index < -0.39 is 12.1 Å². The van der Waals surface area contributed by atoms with Crippen LogP contribution >= 0.6 is 11.6 Å². The average molecular weight is 379 g/mol. The number of nitrogens with two attached hydrogens (primary N) is 5. The molecule has 0 radical (unpaired) electrons. The third kappa shape index (κ3) is 4.64. The molecule has 0 aliphatic carbocycles. The van der Waals surface area contributed by atoms with Crippen LogP contribution in [0.5, 0.6) is 0 Å². The van der Waals surface area contributed by atoms with Crippen LogP contribution in [-0.4, -0.2) is 34.6 Å². The number of nitrogen functional groups attached to an aromatic ring is 1. The van der Waals surface area contributed by atoms with E-state index in [2.05, 4.69) is 9.98 Å². The van der Waals surface area contributed by atoms with E-state index in [1.807, 2.05) is 24.3 Å². The number of amides is 1. The number of benzene rings is 1. The van der Waals surface area contributed by atoms with Crippen molar-refractivity contribution >= 4 is 34.3 Å². The summed E-state index contributed by atoms with van der Waals surface area (Å²) < 4.78 is 0. The summed E-state index contributed by atoms with van der Waals surface area (Å²) in [5, 5.41) is -0.0468. The molecule has 2 rings (SSSR count). The summed E-state index contributed by atoms with van der Waals surface area (Å²) in [5.41, 5.74) is 30.4. The van der Waals surface area contributed by atoms with Crippen LogP contribution in [0.3, 0.4) is 0 Å². The second-order valence-electron chi connectivity index (χ2n) is 5.79. The fraction of sp³-hybridized carbons (Fsp3) is 0.312. The molecule has 26 heavy (non-hydrogen) atoms. The molecule has 140 valence electrons. The summed E-state index contributed by atoms with van der Waals surface area (Å²) in [4.78, 5) is 20.7. The Morgan fingerprint density at radius 2 is 1.85 bits per heavy atom. The molecule has 1 unspecified atom stereocenters. The number of hydrogen-bond acceptors (Lipinski definition) is 6. The molecule has 1 amide bonds. The van der Waals surface area contributed by atoms with E-state index in [1.165, 1.54) is 10.5 Å². The first kappa shape index (κ1) is 19.5. The number of guanidine groups is 1. The molecule has 1 aliphatic heterocycles. The number of halogens is 1. The van der Waals surface area contributed by atoms with Gasteiger partial charge in [0.15, 0.2) is 11.7 Å². The molecule has 1 aromatic rings. The number of aliphatic imine (C=N–C) groups is 2. The number of carbonyl (C=O) groups excluding carboxylic acids is 1. The van der Waals surface area contributed by atoms with Gasteiger partial charge in [0.1, 0.15) is 17.2 Å². The van der Waals surface area contributed by atoms with Gasteiger partial charge in [0.2, 0.25) is 0 Å². The third-order valence-corrected chi connectivity index (χ3v) is 4.16. The fourth-order valence-electron chi connectivity index (χ4n) is 2.44. The molecule has 9 nitrogen and oxygen atoms in total. The molecule has 1 atom stereocenters. The number of nitrogens with zero attached hydrogens (tertiary/aromatic N) is 3. The van der Waals surface area contributed by atoms with E-state index in [0.717, 1.165) is 24.9 Å². The summed E-state index contributed by atoms with van der Waals surface area (Å²) in [7, 11) is 0. The van der Waals surface area contributed by atoms with Crippen molar-refractivity contribution in [2.45, 2.75) is 25.4 Å². The lowest BCUT2D eigenvalue weighted by molar-refractivity contribution is -0.114. The number of aryl methyl sites for hydroxylation is 1. The van der Waals surface area contributed by atoms with Gasteiger partial charge in [-0.25, -0.2) is 4.99 Å². The summed E-state index contributed by atoms with van der Waals surface area (Å²) in [5.74, 6) is -0.847. The highest BCUT2D eigenvalue weighted by atomic mass is 35.5. The Hall–Kier alpha value is -2.78. The Balaban J connectivity index is 1.94. The maximum atomic E-state index is 11.4. The van der Waals surface area contributed by atoms with Crippen LogP contribution < -0.4 is 28.7 Å². The van der Waals surface area contributed by atoms with Gasteiger partial charge in [-0.15, -0.1) is 0 Å². The first-order valence-corrected chi connectivity index (χ1v) is 8.42. The summed E-state index contributed by atoms with van der Waals surface area (Å²) in [6.07, 6.45) is 1.72. The molecule has 0 spiro atoms. The molecular formula is C16H23ClN8O. The van der Waals surface area contributed by atoms with Gasteiger partial charge >= 0.3 is 0 Å². The van der Waals surface area contributed by atoms with E-state index in [9.17, 15) is 4.79 Å². The number of primary amides is 1. The minimum Gasteiger partial charge on any atom is -0.399 e. The van der Waals surface area contributed by atoms with E-state index in [1.54, 1.807) is 0 Å². The molecule has 0 saturated heterocycles. The van der Waals surface area contributed by atoms with Gasteiger partial charge in [-0.05, 0) is 37.0 Å². The monoisotopic (exact) mass is 378 g/mol. The SMILES string of the molecule is NC(=O)C1=C(N)N(C(N)=NCCCCc2ccc(N)cc2)C(N)C(Cl)=N1. The van der Waals surface area contributed by atoms with E-state index in [0.29, 0.717) is 6.54 Å². The topological polar surface area (TPSA) is 175 Å². The van der Waals surface area contributed by atoms with Crippen LogP contribution in [0.15, 0.2) is 45.8 Å². The molecule has 0 bridgehead atoms. The van der Waals surface area contributed by atoms with Crippen LogP contribution in [0.25, 0.3) is 0 Å². The van der Waals surface area contributed by atoms with Gasteiger partial charge in [-0.2, -0.15) is 0 Å². The Kier molecular flexibility index (Phi) is 6.42. The first-order valence-electron chi connectivity index (χ1n) is 8.04. The molecule has 1 aromatic carbocycles. The highest BCUT2D eigenvalue weighted by Gasteiger charge is 2.31. The van der Waals surface area contributed by atoms with Crippen LogP contribution in [0, 0.1) is 0 Å². The highest BCUT2D eigenvalue weighted by Crippen LogP contribution is 2.18. The summed E-state index contributed by atoms with van der Waals surface area (Å²) in [6, 6.07) is 7.75. The summed E-state index contributed by atoms with van der Waals surface area (Å²) in [6.45, 7) is 0.470. The molecule has 0 aromatic heterocycles. The fourth-order valence-corrected chi connectivity index (χ4v) is 2.63. The predicted octanol–water partition coefficient (Wildman–Crippen LogP) is -0.243. The lowest BCUT2D eigenvalue weighted by atomic mass is 10.1. The standard InChI is InChI=1S/C16H23ClN8O/c17-12-14(20)25(13(19)11(24-12)15(21)26)16(22)23-8-2-1-3-9-4-6-10(18)7-5-9/h4-7,14H,1-3,8,18-20H2,(H2,21,26)(H2,22,23). The van der Waals surface area contributed by atoms with Gasteiger partial charge in [-0.3, -0.25) is 14.7 Å². The Bertz CT molecular complexity index is 756. The van der Waals surface area contributed by atoms with Crippen molar-refractivity contribution in [2.24, 2.45) is 32.9 Å². The third-order valence-electron chi connectivity index (χ3n) is 3.85.